The smallest absolute Gasteiger partial charge is 0.0911 e. The lowest BCUT2D eigenvalue weighted by molar-refractivity contribution is 0.00139. The lowest BCUT2D eigenvalue weighted by Crippen LogP contribution is -2.34. The Bertz CT molecular complexity index is 370. The van der Waals surface area contributed by atoms with E-state index in [0.29, 0.717) is 12.5 Å². The summed E-state index contributed by atoms with van der Waals surface area (Å²) in [5.74, 6) is 0.293. The topological polar surface area (TPSA) is 58.3 Å². The number of nitrogens with one attached hydrogen (secondary N) is 1. The van der Waals surface area contributed by atoms with E-state index in [1.807, 2.05) is 25.1 Å². The largest absolute Gasteiger partial charge is 0.385 e. The van der Waals surface area contributed by atoms with Gasteiger partial charge in [0.05, 0.1) is 5.60 Å². The molecular formula is C14H22N2O. The van der Waals surface area contributed by atoms with Crippen molar-refractivity contribution in [2.75, 3.05) is 19.6 Å². The van der Waals surface area contributed by atoms with Gasteiger partial charge < -0.3 is 16.2 Å². The summed E-state index contributed by atoms with van der Waals surface area (Å²) in [6, 6.07) is 8.10. The number of rotatable bonds is 4. The lowest BCUT2D eigenvalue weighted by Gasteiger charge is -2.32. The Labute approximate surface area is 103 Å². The molecule has 2 rings (SSSR count). The first-order chi connectivity index (χ1) is 8.16. The predicted octanol–water partition coefficient (Wildman–Crippen LogP) is 1.00. The average molecular weight is 234 g/mol. The molecule has 3 nitrogen and oxygen atoms in total. The summed E-state index contributed by atoms with van der Waals surface area (Å²) in [6.45, 7) is 4.44. The number of benzene rings is 1. The molecular weight excluding hydrogens is 212 g/mol. The molecule has 2 atom stereocenters. The second-order valence-corrected chi connectivity index (χ2v) is 5.03. The normalized spacial score (nSPS) is 23.6. The maximum absolute atomic E-state index is 10.8. The standard InChI is InChI=1S/C14H22N2O/c1-14(17,12-7-9-16-10-12)13-5-3-2-4-11(13)6-8-15/h2-5,12,16-17H,6-10,15H2,1H3. The number of hydrogen-bond acceptors (Lipinski definition) is 3. The van der Waals surface area contributed by atoms with E-state index in [4.69, 9.17) is 5.73 Å². The summed E-state index contributed by atoms with van der Waals surface area (Å²) in [4.78, 5) is 0. The number of hydrogen-bond donors (Lipinski definition) is 3. The van der Waals surface area contributed by atoms with Crippen LogP contribution in [0.1, 0.15) is 24.5 Å². The highest BCUT2D eigenvalue weighted by Crippen LogP contribution is 2.35. The van der Waals surface area contributed by atoms with Gasteiger partial charge in [0.1, 0.15) is 0 Å². The Kier molecular flexibility index (Phi) is 3.82. The van der Waals surface area contributed by atoms with Crippen LogP contribution in [0.2, 0.25) is 0 Å². The van der Waals surface area contributed by atoms with Gasteiger partial charge in [0.25, 0.3) is 0 Å². The second kappa shape index (κ2) is 5.17. The van der Waals surface area contributed by atoms with E-state index in [2.05, 4.69) is 11.4 Å². The van der Waals surface area contributed by atoms with Crippen LogP contribution in [-0.4, -0.2) is 24.7 Å². The summed E-state index contributed by atoms with van der Waals surface area (Å²) in [5, 5.41) is 14.1. The summed E-state index contributed by atoms with van der Waals surface area (Å²) in [5.41, 5.74) is 7.09. The van der Waals surface area contributed by atoms with E-state index >= 15 is 0 Å². The Hall–Kier alpha value is -0.900. The van der Waals surface area contributed by atoms with Gasteiger partial charge in [-0.1, -0.05) is 24.3 Å². The number of nitrogens with two attached hydrogens (primary N) is 1. The molecule has 0 saturated carbocycles. The fourth-order valence-corrected chi connectivity index (χ4v) is 2.74. The van der Waals surface area contributed by atoms with Crippen molar-refractivity contribution < 1.29 is 5.11 Å². The quantitative estimate of drug-likeness (QED) is 0.728. The molecule has 0 radical (unpaired) electrons. The highest BCUT2D eigenvalue weighted by molar-refractivity contribution is 5.33. The molecule has 0 aromatic heterocycles. The van der Waals surface area contributed by atoms with Crippen LogP contribution < -0.4 is 11.1 Å². The van der Waals surface area contributed by atoms with Crippen LogP contribution in [0.5, 0.6) is 0 Å². The minimum absolute atomic E-state index is 0.293. The first kappa shape index (κ1) is 12.6. The summed E-state index contributed by atoms with van der Waals surface area (Å²) >= 11 is 0. The van der Waals surface area contributed by atoms with Crippen molar-refractivity contribution in [1.29, 1.82) is 0 Å². The van der Waals surface area contributed by atoms with Gasteiger partial charge >= 0.3 is 0 Å². The third-order valence-corrected chi connectivity index (χ3v) is 3.83. The molecule has 1 aliphatic rings. The van der Waals surface area contributed by atoms with E-state index in [1.54, 1.807) is 0 Å². The fraction of sp³-hybridized carbons (Fsp3) is 0.571. The van der Waals surface area contributed by atoms with E-state index in [0.717, 1.165) is 31.5 Å². The van der Waals surface area contributed by atoms with Gasteiger partial charge in [-0.25, -0.2) is 0 Å². The second-order valence-electron chi connectivity index (χ2n) is 5.03. The minimum atomic E-state index is -0.755. The van der Waals surface area contributed by atoms with Crippen molar-refractivity contribution in [3.8, 4) is 0 Å². The molecule has 0 bridgehead atoms. The molecule has 1 heterocycles. The zero-order valence-electron chi connectivity index (χ0n) is 10.4. The first-order valence-electron chi connectivity index (χ1n) is 6.38. The first-order valence-corrected chi connectivity index (χ1v) is 6.38. The third kappa shape index (κ3) is 2.51. The molecule has 1 aliphatic heterocycles. The van der Waals surface area contributed by atoms with Gasteiger partial charge in [-0.15, -0.1) is 0 Å². The van der Waals surface area contributed by atoms with Gasteiger partial charge in [0.15, 0.2) is 0 Å². The molecule has 0 spiro atoms. The molecule has 17 heavy (non-hydrogen) atoms. The molecule has 1 saturated heterocycles. The summed E-state index contributed by atoms with van der Waals surface area (Å²) in [6.07, 6.45) is 1.86. The van der Waals surface area contributed by atoms with E-state index in [9.17, 15) is 5.11 Å². The van der Waals surface area contributed by atoms with Crippen molar-refractivity contribution in [3.05, 3.63) is 35.4 Å². The summed E-state index contributed by atoms with van der Waals surface area (Å²) < 4.78 is 0. The van der Waals surface area contributed by atoms with E-state index in [1.165, 1.54) is 5.56 Å². The van der Waals surface area contributed by atoms with Gasteiger partial charge in [0.2, 0.25) is 0 Å². The van der Waals surface area contributed by atoms with Crippen LogP contribution in [0.25, 0.3) is 0 Å². The molecule has 1 aromatic rings. The third-order valence-electron chi connectivity index (χ3n) is 3.83. The van der Waals surface area contributed by atoms with Crippen LogP contribution in [-0.2, 0) is 12.0 Å². The van der Waals surface area contributed by atoms with Crippen LogP contribution in [0, 0.1) is 5.92 Å². The monoisotopic (exact) mass is 234 g/mol. The van der Waals surface area contributed by atoms with Crippen LogP contribution in [0.3, 0.4) is 0 Å². The van der Waals surface area contributed by atoms with Crippen molar-refractivity contribution in [2.45, 2.75) is 25.4 Å². The maximum atomic E-state index is 10.8. The highest BCUT2D eigenvalue weighted by Gasteiger charge is 2.36. The van der Waals surface area contributed by atoms with Crippen LogP contribution >= 0.6 is 0 Å². The average Bonchev–Trinajstić information content (AvgIpc) is 2.84. The molecule has 0 aliphatic carbocycles. The predicted molar refractivity (Wildman–Crippen MR) is 69.7 cm³/mol. The van der Waals surface area contributed by atoms with Crippen LogP contribution in [0.15, 0.2) is 24.3 Å². The van der Waals surface area contributed by atoms with Gasteiger partial charge in [-0.2, -0.15) is 0 Å². The zero-order chi connectivity index (χ0) is 12.3. The highest BCUT2D eigenvalue weighted by atomic mass is 16.3. The lowest BCUT2D eigenvalue weighted by atomic mass is 9.79. The van der Waals surface area contributed by atoms with Gasteiger partial charge in [-0.05, 0) is 44.0 Å². The Morgan fingerprint density at radius 1 is 1.47 bits per heavy atom. The zero-order valence-corrected chi connectivity index (χ0v) is 10.4. The molecule has 2 unspecified atom stereocenters. The minimum Gasteiger partial charge on any atom is -0.385 e. The Balaban J connectivity index is 2.30. The Morgan fingerprint density at radius 3 is 2.88 bits per heavy atom. The number of aliphatic hydroxyl groups is 1. The van der Waals surface area contributed by atoms with E-state index < -0.39 is 5.60 Å². The van der Waals surface area contributed by atoms with Crippen molar-refractivity contribution in [2.24, 2.45) is 11.7 Å². The van der Waals surface area contributed by atoms with Crippen LogP contribution in [0.4, 0.5) is 0 Å². The van der Waals surface area contributed by atoms with Crippen molar-refractivity contribution >= 4 is 0 Å². The maximum Gasteiger partial charge on any atom is 0.0911 e. The fourth-order valence-electron chi connectivity index (χ4n) is 2.74. The SMILES string of the molecule is CC(O)(c1ccccc1CCN)C1CCNC1. The molecule has 0 amide bonds. The molecule has 1 aromatic carbocycles. The van der Waals surface area contributed by atoms with Gasteiger partial charge in [-0.3, -0.25) is 0 Å². The molecule has 3 heteroatoms. The van der Waals surface area contributed by atoms with Gasteiger partial charge in [0, 0.05) is 12.5 Å². The van der Waals surface area contributed by atoms with Crippen molar-refractivity contribution in [3.63, 3.8) is 0 Å². The van der Waals surface area contributed by atoms with Crippen molar-refractivity contribution in [1.82, 2.24) is 5.32 Å². The molecule has 94 valence electrons. The van der Waals surface area contributed by atoms with E-state index in [-0.39, 0.29) is 0 Å². The summed E-state index contributed by atoms with van der Waals surface area (Å²) in [7, 11) is 0. The molecule has 4 N–H and O–H groups in total. The molecule has 1 fully saturated rings. The Morgan fingerprint density at radius 2 is 2.24 bits per heavy atom.